The number of rotatable bonds is 5. The van der Waals surface area contributed by atoms with Gasteiger partial charge in [-0.05, 0) is 30.2 Å². The predicted octanol–water partition coefficient (Wildman–Crippen LogP) is 3.65. The van der Waals surface area contributed by atoms with E-state index in [-0.39, 0.29) is 5.91 Å². The second-order valence-corrected chi connectivity index (χ2v) is 6.26. The molecule has 1 aromatic heterocycles. The highest BCUT2D eigenvalue weighted by Crippen LogP contribution is 2.27. The molecule has 5 nitrogen and oxygen atoms in total. The lowest BCUT2D eigenvalue weighted by Gasteiger charge is -2.01. The zero-order chi connectivity index (χ0) is 16.9. The summed E-state index contributed by atoms with van der Waals surface area (Å²) in [5.74, 6) is -0.468. The van der Waals surface area contributed by atoms with E-state index in [9.17, 15) is 9.59 Å². The molecule has 0 aliphatic rings. The molecule has 0 saturated heterocycles. The smallest absolute Gasteiger partial charge is 0.337 e. The Morgan fingerprint density at radius 3 is 2.71 bits per heavy atom. The first-order chi connectivity index (χ1) is 11.7. The van der Waals surface area contributed by atoms with Gasteiger partial charge in [0.1, 0.15) is 0 Å². The molecular formula is C18H16N2O3S. The van der Waals surface area contributed by atoms with Gasteiger partial charge in [-0.25, -0.2) is 9.78 Å². The van der Waals surface area contributed by atoms with Crippen molar-refractivity contribution in [2.24, 2.45) is 0 Å². The minimum absolute atomic E-state index is 0.0777. The number of nitrogens with zero attached hydrogens (tertiary/aromatic N) is 1. The van der Waals surface area contributed by atoms with Crippen LogP contribution < -0.4 is 5.32 Å². The van der Waals surface area contributed by atoms with Crippen molar-refractivity contribution in [2.45, 2.75) is 12.8 Å². The molecule has 6 heteroatoms. The van der Waals surface area contributed by atoms with Crippen molar-refractivity contribution in [3.63, 3.8) is 0 Å². The van der Waals surface area contributed by atoms with Crippen LogP contribution in [0.2, 0.25) is 0 Å². The highest BCUT2D eigenvalue weighted by atomic mass is 32.1. The lowest BCUT2D eigenvalue weighted by molar-refractivity contribution is -0.116. The SMILES string of the molecule is COC(=O)c1ccc2nc(NC(=O)CCc3ccccc3)sc2c1. The zero-order valence-electron chi connectivity index (χ0n) is 13.1. The van der Waals surface area contributed by atoms with Gasteiger partial charge in [0.25, 0.3) is 0 Å². The van der Waals surface area contributed by atoms with E-state index in [1.54, 1.807) is 18.2 Å². The number of nitrogens with one attached hydrogen (secondary N) is 1. The maximum absolute atomic E-state index is 12.1. The molecule has 2 aromatic carbocycles. The fourth-order valence-electron chi connectivity index (χ4n) is 2.31. The summed E-state index contributed by atoms with van der Waals surface area (Å²) >= 11 is 1.34. The molecule has 3 rings (SSSR count). The number of carbonyl (C=O) groups excluding carboxylic acids is 2. The molecule has 0 aliphatic heterocycles. The van der Waals surface area contributed by atoms with Gasteiger partial charge in [-0.3, -0.25) is 4.79 Å². The van der Waals surface area contributed by atoms with Crippen LogP contribution in [0.25, 0.3) is 10.2 Å². The van der Waals surface area contributed by atoms with E-state index in [4.69, 9.17) is 4.74 Å². The summed E-state index contributed by atoms with van der Waals surface area (Å²) in [5.41, 5.74) is 2.33. The Kier molecular flexibility index (Phi) is 4.86. The molecule has 1 N–H and O–H groups in total. The molecule has 0 radical (unpaired) electrons. The van der Waals surface area contributed by atoms with Gasteiger partial charge in [-0.15, -0.1) is 0 Å². The van der Waals surface area contributed by atoms with Gasteiger partial charge in [0, 0.05) is 6.42 Å². The molecule has 1 amide bonds. The Morgan fingerprint density at radius 1 is 1.17 bits per heavy atom. The average Bonchev–Trinajstić information content (AvgIpc) is 3.01. The number of thiazole rings is 1. The number of benzene rings is 2. The minimum Gasteiger partial charge on any atom is -0.465 e. The summed E-state index contributed by atoms with van der Waals surface area (Å²) in [5, 5.41) is 3.35. The fourth-order valence-corrected chi connectivity index (χ4v) is 3.23. The first-order valence-corrected chi connectivity index (χ1v) is 8.30. The number of anilines is 1. The number of ether oxygens (including phenoxy) is 1. The molecular weight excluding hydrogens is 324 g/mol. The van der Waals surface area contributed by atoms with Gasteiger partial charge in [0.15, 0.2) is 5.13 Å². The van der Waals surface area contributed by atoms with E-state index in [1.165, 1.54) is 18.4 Å². The zero-order valence-corrected chi connectivity index (χ0v) is 13.9. The molecule has 0 bridgehead atoms. The average molecular weight is 340 g/mol. The van der Waals surface area contributed by atoms with Crippen molar-refractivity contribution >= 4 is 38.6 Å². The number of aryl methyl sites for hydroxylation is 1. The van der Waals surface area contributed by atoms with E-state index in [0.717, 1.165) is 15.8 Å². The first-order valence-electron chi connectivity index (χ1n) is 7.48. The maximum Gasteiger partial charge on any atom is 0.337 e. The largest absolute Gasteiger partial charge is 0.465 e. The number of hydrogen-bond acceptors (Lipinski definition) is 5. The first kappa shape index (κ1) is 16.1. The molecule has 0 aliphatic carbocycles. The second-order valence-electron chi connectivity index (χ2n) is 5.23. The van der Waals surface area contributed by atoms with E-state index < -0.39 is 5.97 Å². The molecule has 0 spiro atoms. The highest BCUT2D eigenvalue weighted by Gasteiger charge is 2.11. The molecule has 24 heavy (non-hydrogen) atoms. The summed E-state index contributed by atoms with van der Waals surface area (Å²) < 4.78 is 5.54. The Balaban J connectivity index is 1.66. The number of esters is 1. The Hall–Kier alpha value is -2.73. The number of methoxy groups -OCH3 is 1. The van der Waals surface area contributed by atoms with Crippen LogP contribution in [-0.2, 0) is 16.0 Å². The molecule has 0 fully saturated rings. The van der Waals surface area contributed by atoms with Crippen LogP contribution in [0.4, 0.5) is 5.13 Å². The summed E-state index contributed by atoms with van der Waals surface area (Å²) in [7, 11) is 1.34. The topological polar surface area (TPSA) is 68.3 Å². The van der Waals surface area contributed by atoms with Gasteiger partial charge in [0.05, 0.1) is 22.9 Å². The Bertz CT molecular complexity index is 874. The van der Waals surface area contributed by atoms with Crippen LogP contribution in [0.1, 0.15) is 22.3 Å². The number of aromatic nitrogens is 1. The fraction of sp³-hybridized carbons (Fsp3) is 0.167. The number of fused-ring (bicyclic) bond motifs is 1. The molecule has 0 atom stereocenters. The monoisotopic (exact) mass is 340 g/mol. The van der Waals surface area contributed by atoms with Gasteiger partial charge >= 0.3 is 5.97 Å². The van der Waals surface area contributed by atoms with Crippen molar-refractivity contribution in [1.82, 2.24) is 4.98 Å². The third-order valence-electron chi connectivity index (χ3n) is 3.54. The molecule has 1 heterocycles. The van der Waals surface area contributed by atoms with Crippen LogP contribution in [0.15, 0.2) is 48.5 Å². The van der Waals surface area contributed by atoms with Crippen molar-refractivity contribution in [1.29, 1.82) is 0 Å². The molecule has 0 saturated carbocycles. The van der Waals surface area contributed by atoms with Crippen LogP contribution in [-0.4, -0.2) is 24.0 Å². The van der Waals surface area contributed by atoms with Crippen molar-refractivity contribution in [3.05, 3.63) is 59.7 Å². The van der Waals surface area contributed by atoms with Crippen LogP contribution >= 0.6 is 11.3 Å². The Morgan fingerprint density at radius 2 is 1.96 bits per heavy atom. The van der Waals surface area contributed by atoms with Crippen LogP contribution in [0, 0.1) is 0 Å². The number of amides is 1. The molecule has 0 unspecified atom stereocenters. The third-order valence-corrected chi connectivity index (χ3v) is 4.47. The van der Waals surface area contributed by atoms with E-state index in [2.05, 4.69) is 10.3 Å². The van der Waals surface area contributed by atoms with E-state index in [1.807, 2.05) is 30.3 Å². The minimum atomic E-state index is -0.390. The summed E-state index contributed by atoms with van der Waals surface area (Å²) in [6.45, 7) is 0. The normalized spacial score (nSPS) is 10.5. The van der Waals surface area contributed by atoms with Gasteiger partial charge in [-0.2, -0.15) is 0 Å². The molecule has 3 aromatic rings. The maximum atomic E-state index is 12.1. The van der Waals surface area contributed by atoms with Crippen LogP contribution in [0.5, 0.6) is 0 Å². The van der Waals surface area contributed by atoms with Crippen molar-refractivity contribution < 1.29 is 14.3 Å². The van der Waals surface area contributed by atoms with Gasteiger partial charge in [0.2, 0.25) is 5.91 Å². The second kappa shape index (κ2) is 7.23. The quantitative estimate of drug-likeness (QED) is 0.720. The highest BCUT2D eigenvalue weighted by molar-refractivity contribution is 7.22. The van der Waals surface area contributed by atoms with Crippen molar-refractivity contribution in [2.75, 3.05) is 12.4 Å². The summed E-state index contributed by atoms with van der Waals surface area (Å²) in [4.78, 5) is 28.0. The Labute approximate surface area is 143 Å². The number of carbonyl (C=O) groups is 2. The lowest BCUT2D eigenvalue weighted by Crippen LogP contribution is -2.11. The van der Waals surface area contributed by atoms with Gasteiger partial charge in [-0.1, -0.05) is 41.7 Å². The van der Waals surface area contributed by atoms with Crippen LogP contribution in [0.3, 0.4) is 0 Å². The number of hydrogen-bond donors (Lipinski definition) is 1. The predicted molar refractivity (Wildman–Crippen MR) is 94.4 cm³/mol. The summed E-state index contributed by atoms with van der Waals surface area (Å²) in [6, 6.07) is 15.0. The van der Waals surface area contributed by atoms with E-state index >= 15 is 0 Å². The lowest BCUT2D eigenvalue weighted by atomic mass is 10.1. The van der Waals surface area contributed by atoms with E-state index in [0.29, 0.717) is 23.5 Å². The summed E-state index contributed by atoms with van der Waals surface area (Å²) in [6.07, 6.45) is 1.08. The third kappa shape index (κ3) is 3.78. The standard InChI is InChI=1S/C18H16N2O3S/c1-23-17(22)13-8-9-14-15(11-13)24-18(19-14)20-16(21)10-7-12-5-3-2-4-6-12/h2-6,8-9,11H,7,10H2,1H3,(H,19,20,21). The van der Waals surface area contributed by atoms with Gasteiger partial charge < -0.3 is 10.1 Å². The molecule has 122 valence electrons. The van der Waals surface area contributed by atoms with Crippen molar-refractivity contribution in [3.8, 4) is 0 Å².